The minimum atomic E-state index is -4.46. The Balaban J connectivity index is 1.11. The molecule has 0 bridgehead atoms. The molecule has 7 aromatic rings. The van der Waals surface area contributed by atoms with Gasteiger partial charge in [0.15, 0.2) is 11.6 Å². The monoisotopic (exact) mass is 910 g/mol. The van der Waals surface area contributed by atoms with Crippen LogP contribution in [0.3, 0.4) is 0 Å². The first-order valence-corrected chi connectivity index (χ1v) is 23.3. The van der Waals surface area contributed by atoms with E-state index in [0.29, 0.717) is 48.1 Å². The van der Waals surface area contributed by atoms with Crippen LogP contribution < -0.4 is 4.52 Å². The molecule has 65 heavy (non-hydrogen) atoms. The Morgan fingerprint density at radius 3 is 2.22 bits per heavy atom. The summed E-state index contributed by atoms with van der Waals surface area (Å²) >= 11 is 0. The number of hydrogen-bond acceptors (Lipinski definition) is 7. The number of alkyl halides is 3. The van der Waals surface area contributed by atoms with Crippen LogP contribution in [0.4, 0.5) is 26.7 Å². The average molecular weight is 911 g/mol. The highest BCUT2D eigenvalue weighted by Crippen LogP contribution is 2.48. The maximum absolute atomic E-state index is 16.1. The van der Waals surface area contributed by atoms with E-state index >= 15 is 8.78 Å². The van der Waals surface area contributed by atoms with E-state index in [-0.39, 0.29) is 30.0 Å². The largest absolute Gasteiger partial charge is 0.444 e. The molecular weight excluding hydrogens is 863 g/mol. The van der Waals surface area contributed by atoms with E-state index in [1.807, 2.05) is 42.8 Å². The Morgan fingerprint density at radius 2 is 1.55 bits per heavy atom. The molecule has 0 N–H and O–H groups in total. The third kappa shape index (κ3) is 8.99. The van der Waals surface area contributed by atoms with Gasteiger partial charge in [-0.15, -0.1) is 0 Å². The number of rotatable bonds is 13. The van der Waals surface area contributed by atoms with Crippen LogP contribution in [-0.4, -0.2) is 32.0 Å². The summed E-state index contributed by atoms with van der Waals surface area (Å²) in [6, 6.07) is 27.4. The molecule has 8 rings (SSSR count). The Hall–Kier alpha value is -6.08. The number of fused-ring (bicyclic) bond motifs is 2. The van der Waals surface area contributed by atoms with Gasteiger partial charge in [-0.25, -0.2) is 27.4 Å². The molecule has 0 saturated heterocycles. The van der Waals surface area contributed by atoms with Crippen LogP contribution in [0.1, 0.15) is 77.9 Å². The van der Waals surface area contributed by atoms with Crippen molar-refractivity contribution in [2.45, 2.75) is 85.5 Å². The number of hydrogen-bond donors (Lipinski definition) is 0. The minimum Gasteiger partial charge on any atom is -0.444 e. The van der Waals surface area contributed by atoms with Gasteiger partial charge in [-0.1, -0.05) is 74.5 Å². The summed E-state index contributed by atoms with van der Waals surface area (Å²) in [5.41, 5.74) is 6.84. The van der Waals surface area contributed by atoms with Crippen molar-refractivity contribution >= 4 is 24.6 Å². The Morgan fingerprint density at radius 1 is 0.831 bits per heavy atom. The first-order valence-electron chi connectivity index (χ1n) is 21.3. The van der Waals surface area contributed by atoms with Gasteiger partial charge in [-0.3, -0.25) is 9.42 Å². The first-order chi connectivity index (χ1) is 30.9. The van der Waals surface area contributed by atoms with E-state index in [1.165, 1.54) is 43.2 Å². The number of carbonyl (C=O) groups excluding carboxylic acids is 1. The highest BCUT2D eigenvalue weighted by atomic mass is 31.2. The molecule has 1 aliphatic rings. The minimum absolute atomic E-state index is 0.00403. The molecule has 0 fully saturated rings. The Labute approximate surface area is 373 Å². The number of aryl methyl sites for hydroxylation is 3. The van der Waals surface area contributed by atoms with E-state index in [9.17, 15) is 22.5 Å². The molecule has 1 aliphatic heterocycles. The number of aromatic nitrogens is 3. The number of benzene rings is 5. The summed E-state index contributed by atoms with van der Waals surface area (Å²) in [6.07, 6.45) is -2.53. The van der Waals surface area contributed by atoms with Crippen LogP contribution in [0.25, 0.3) is 27.8 Å². The van der Waals surface area contributed by atoms with Gasteiger partial charge in [0.2, 0.25) is 0 Å². The van der Waals surface area contributed by atoms with E-state index in [1.54, 1.807) is 31.2 Å². The normalized spacial score (nSPS) is 14.7. The van der Waals surface area contributed by atoms with Crippen molar-refractivity contribution in [3.8, 4) is 22.7 Å². The molecule has 3 heterocycles. The van der Waals surface area contributed by atoms with Crippen LogP contribution in [0.15, 0.2) is 109 Å². The lowest BCUT2D eigenvalue weighted by molar-refractivity contribution is -0.137. The van der Waals surface area contributed by atoms with E-state index in [0.717, 1.165) is 55.9 Å². The number of ether oxygens (including phenoxy) is 1. The number of para-hydroxylation sites is 1. The third-order valence-electron chi connectivity index (χ3n) is 12.1. The molecule has 2 aromatic heterocycles. The quantitative estimate of drug-likeness (QED) is 0.0841. The fraction of sp³-hybridized carbons (Fsp3) is 0.280. The highest BCUT2D eigenvalue weighted by Gasteiger charge is 2.44. The van der Waals surface area contributed by atoms with Crippen molar-refractivity contribution < 1.29 is 45.1 Å². The van der Waals surface area contributed by atoms with Crippen molar-refractivity contribution in [2.24, 2.45) is 0 Å². The zero-order valence-corrected chi connectivity index (χ0v) is 37.7. The lowest BCUT2D eigenvalue weighted by Crippen LogP contribution is -2.36. The van der Waals surface area contributed by atoms with Crippen molar-refractivity contribution in [1.29, 1.82) is 0 Å². The van der Waals surface area contributed by atoms with Gasteiger partial charge in [-0.2, -0.15) is 18.3 Å². The predicted molar refractivity (Wildman–Crippen MR) is 239 cm³/mol. The van der Waals surface area contributed by atoms with Gasteiger partial charge in [0.25, 0.3) is 0 Å². The second kappa shape index (κ2) is 17.7. The van der Waals surface area contributed by atoms with Crippen LogP contribution in [0.5, 0.6) is 5.75 Å². The van der Waals surface area contributed by atoms with Crippen LogP contribution in [0.2, 0.25) is 0 Å². The molecule has 15 heteroatoms. The van der Waals surface area contributed by atoms with Gasteiger partial charge in [0.05, 0.1) is 40.3 Å². The highest BCUT2D eigenvalue weighted by molar-refractivity contribution is 7.53. The molecule has 1 unspecified atom stereocenters. The second-order valence-corrected chi connectivity index (χ2v) is 18.7. The Kier molecular flexibility index (Phi) is 12.4. The maximum Gasteiger partial charge on any atom is 0.418 e. The number of halogens is 5. The SMILES string of the molecule is CCc1cccc(CC)c1-n1nc2c(c1-c1ccc(F)c3c1ccn3C(=O)OCc1ccc(OP(C)(=O)OCc3ccccc3)c(F)c1)CN(Cc1ccc(C(F)(F)F)cc1C)C2(C)C. The first kappa shape index (κ1) is 45.5. The standard InChI is InChI=1S/C50H48F5N4O5P/c1-7-34-15-12-16-35(8-2)44(34)59-45(40-28-57(49(4,5)47(40)56-59)27-36-18-19-37(25-31(36)3)50(53,54)55)38-20-21-41(51)46-39(38)23-24-58(46)48(60)62-29-33-17-22-43(42(52)26-33)64-65(6,61)63-30-32-13-10-9-11-14-32/h9-26H,7-8,27-30H2,1-6H3. The molecule has 0 aliphatic carbocycles. The van der Waals surface area contributed by atoms with Crippen molar-refractivity contribution in [2.75, 3.05) is 6.66 Å². The third-order valence-corrected chi connectivity index (χ3v) is 13.2. The summed E-state index contributed by atoms with van der Waals surface area (Å²) in [5, 5.41) is 5.74. The molecule has 5 aromatic carbocycles. The predicted octanol–water partition coefficient (Wildman–Crippen LogP) is 13.1. The van der Waals surface area contributed by atoms with Gasteiger partial charge in [0.1, 0.15) is 12.4 Å². The second-order valence-electron chi connectivity index (χ2n) is 16.8. The molecular formula is C50H48F5N4O5P. The summed E-state index contributed by atoms with van der Waals surface area (Å²) in [4.78, 5) is 15.9. The molecule has 1 atom stereocenters. The van der Waals surface area contributed by atoms with Gasteiger partial charge >= 0.3 is 19.9 Å². The zero-order chi connectivity index (χ0) is 46.4. The summed E-state index contributed by atoms with van der Waals surface area (Å²) in [7, 11) is -3.71. The van der Waals surface area contributed by atoms with Crippen LogP contribution in [0, 0.1) is 18.6 Å². The molecule has 0 spiro atoms. The van der Waals surface area contributed by atoms with Crippen LogP contribution in [-0.2, 0) is 64.7 Å². The summed E-state index contributed by atoms with van der Waals surface area (Å²) in [6.45, 7) is 11.5. The molecule has 338 valence electrons. The average Bonchev–Trinajstić information content (AvgIpc) is 3.96. The van der Waals surface area contributed by atoms with Gasteiger partial charge < -0.3 is 9.26 Å². The van der Waals surface area contributed by atoms with E-state index < -0.39 is 42.6 Å². The zero-order valence-electron chi connectivity index (χ0n) is 36.8. The molecule has 9 nitrogen and oxygen atoms in total. The molecule has 0 amide bonds. The molecule has 0 saturated carbocycles. The van der Waals surface area contributed by atoms with E-state index in [4.69, 9.17) is 18.9 Å². The van der Waals surface area contributed by atoms with Crippen molar-refractivity contribution in [3.63, 3.8) is 0 Å². The van der Waals surface area contributed by atoms with Crippen LogP contribution >= 0.6 is 7.60 Å². The summed E-state index contributed by atoms with van der Waals surface area (Å²) in [5.74, 6) is -1.82. The Bertz CT molecular complexity index is 2960. The van der Waals surface area contributed by atoms with Crippen molar-refractivity contribution in [1.82, 2.24) is 19.2 Å². The lowest BCUT2D eigenvalue weighted by Gasteiger charge is -2.32. The number of nitrogens with zero attached hydrogens (tertiary/aromatic N) is 4. The van der Waals surface area contributed by atoms with Gasteiger partial charge in [0, 0.05) is 42.5 Å². The van der Waals surface area contributed by atoms with Crippen molar-refractivity contribution in [3.05, 3.63) is 171 Å². The topological polar surface area (TPSA) is 87.8 Å². The fourth-order valence-corrected chi connectivity index (χ4v) is 9.48. The fourth-order valence-electron chi connectivity index (χ4n) is 8.54. The maximum atomic E-state index is 16.1. The van der Waals surface area contributed by atoms with E-state index in [2.05, 4.69) is 30.9 Å². The number of carbonyl (C=O) groups is 1. The molecule has 0 radical (unpaired) electrons. The smallest absolute Gasteiger partial charge is 0.418 e. The van der Waals surface area contributed by atoms with Gasteiger partial charge in [-0.05, 0) is 109 Å². The lowest BCUT2D eigenvalue weighted by atomic mass is 9.96. The summed E-state index contributed by atoms with van der Waals surface area (Å²) < 4.78 is 104.